The number of aliphatic hydroxyl groups is 1. The van der Waals surface area contributed by atoms with E-state index in [0.29, 0.717) is 18.5 Å². The number of aromatic nitrogens is 2. The van der Waals surface area contributed by atoms with Gasteiger partial charge in [-0.25, -0.2) is 13.4 Å². The van der Waals surface area contributed by atoms with Crippen molar-refractivity contribution in [1.82, 2.24) is 13.7 Å². The summed E-state index contributed by atoms with van der Waals surface area (Å²) in [5.74, 6) is -0.530. The summed E-state index contributed by atoms with van der Waals surface area (Å²) in [7, 11) is -2.61. The number of esters is 1. The molecule has 2 aromatic heterocycles. The fraction of sp³-hybridized carbons (Fsp3) is 0.579. The van der Waals surface area contributed by atoms with Gasteiger partial charge in [-0.1, -0.05) is 6.42 Å². The van der Waals surface area contributed by atoms with Crippen LogP contribution in [0.1, 0.15) is 43.5 Å². The predicted octanol–water partition coefficient (Wildman–Crippen LogP) is 1.67. The van der Waals surface area contributed by atoms with Crippen LogP contribution in [0.5, 0.6) is 0 Å². The molecule has 1 saturated heterocycles. The van der Waals surface area contributed by atoms with E-state index in [0.717, 1.165) is 37.1 Å². The van der Waals surface area contributed by atoms with Crippen molar-refractivity contribution in [2.45, 2.75) is 56.4 Å². The summed E-state index contributed by atoms with van der Waals surface area (Å²) in [6.45, 7) is 2.36. The lowest BCUT2D eigenvalue weighted by Gasteiger charge is -2.22. The number of nitrogens with zero attached hydrogens (tertiary/aromatic N) is 3. The zero-order chi connectivity index (χ0) is 20.3. The van der Waals surface area contributed by atoms with E-state index in [4.69, 9.17) is 9.84 Å². The molecule has 154 valence electrons. The van der Waals surface area contributed by atoms with Crippen LogP contribution in [0.4, 0.5) is 0 Å². The average Bonchev–Trinajstić information content (AvgIpc) is 3.32. The number of ether oxygens (including phenoxy) is 1. The standard InChI is InChI=1S/C19H27N3O5S/c1-14-9-10-17(18-20-15(13-21(14)18)7-4-3-5-12-23)28(25,26)22-11-6-8-16(22)19(24)27-2/h9-10,13,16,23H,3-8,11-12H2,1-2H3/t16-/m0/s1. The van der Waals surface area contributed by atoms with Crippen LogP contribution in [0.3, 0.4) is 0 Å². The molecular formula is C19H27N3O5S. The van der Waals surface area contributed by atoms with Crippen LogP contribution in [-0.2, 0) is 26.0 Å². The third-order valence-corrected chi connectivity index (χ3v) is 7.12. The number of aliphatic hydroxyl groups excluding tert-OH is 1. The Kier molecular flexibility index (Phi) is 6.36. The molecule has 0 saturated carbocycles. The summed E-state index contributed by atoms with van der Waals surface area (Å²) in [5, 5.41) is 8.90. The third-order valence-electron chi connectivity index (χ3n) is 5.19. The Balaban J connectivity index is 1.96. The van der Waals surface area contributed by atoms with Gasteiger partial charge in [0.25, 0.3) is 0 Å². The van der Waals surface area contributed by atoms with E-state index in [9.17, 15) is 13.2 Å². The van der Waals surface area contributed by atoms with Gasteiger partial charge in [-0.15, -0.1) is 0 Å². The number of carbonyl (C=O) groups is 1. The van der Waals surface area contributed by atoms with Crippen molar-refractivity contribution in [3.05, 3.63) is 29.7 Å². The summed E-state index contributed by atoms with van der Waals surface area (Å²) >= 11 is 0. The van der Waals surface area contributed by atoms with Gasteiger partial charge < -0.3 is 14.2 Å². The topological polar surface area (TPSA) is 101 Å². The largest absolute Gasteiger partial charge is 0.468 e. The third kappa shape index (κ3) is 3.92. The molecule has 9 heteroatoms. The lowest BCUT2D eigenvalue weighted by molar-refractivity contribution is -0.144. The number of hydrogen-bond donors (Lipinski definition) is 1. The van der Waals surface area contributed by atoms with Gasteiger partial charge in [-0.3, -0.25) is 4.79 Å². The van der Waals surface area contributed by atoms with Crippen LogP contribution in [0.25, 0.3) is 5.65 Å². The Labute approximate surface area is 165 Å². The molecule has 0 aliphatic carbocycles. The van der Waals surface area contributed by atoms with E-state index in [2.05, 4.69) is 4.98 Å². The number of pyridine rings is 1. The number of rotatable bonds is 8. The summed E-state index contributed by atoms with van der Waals surface area (Å²) < 4.78 is 34.5. The Bertz CT molecular complexity index is 954. The monoisotopic (exact) mass is 409 g/mol. The number of methoxy groups -OCH3 is 1. The smallest absolute Gasteiger partial charge is 0.324 e. The van der Waals surface area contributed by atoms with Crippen LogP contribution >= 0.6 is 0 Å². The Morgan fingerprint density at radius 1 is 1.32 bits per heavy atom. The number of unbranched alkanes of at least 4 members (excludes halogenated alkanes) is 2. The molecule has 0 amide bonds. The molecule has 0 unspecified atom stereocenters. The molecule has 8 nitrogen and oxygen atoms in total. The number of imidazole rings is 1. The van der Waals surface area contributed by atoms with Crippen LogP contribution < -0.4 is 0 Å². The van der Waals surface area contributed by atoms with Crippen LogP contribution in [0.15, 0.2) is 23.2 Å². The Morgan fingerprint density at radius 2 is 2.11 bits per heavy atom. The van der Waals surface area contributed by atoms with Crippen molar-refractivity contribution in [3.63, 3.8) is 0 Å². The molecular weight excluding hydrogens is 382 g/mol. The van der Waals surface area contributed by atoms with Gasteiger partial charge in [0.05, 0.1) is 12.8 Å². The van der Waals surface area contributed by atoms with Crippen molar-refractivity contribution < 1.29 is 23.1 Å². The van der Waals surface area contributed by atoms with E-state index < -0.39 is 22.0 Å². The van der Waals surface area contributed by atoms with Crippen molar-refractivity contribution in [1.29, 1.82) is 0 Å². The molecule has 0 radical (unpaired) electrons. The molecule has 1 aliphatic heterocycles. The van der Waals surface area contributed by atoms with Gasteiger partial charge in [-0.2, -0.15) is 4.31 Å². The first-order valence-electron chi connectivity index (χ1n) is 9.58. The molecule has 0 aromatic carbocycles. The zero-order valence-electron chi connectivity index (χ0n) is 16.3. The molecule has 3 heterocycles. The van der Waals surface area contributed by atoms with Crippen LogP contribution in [-0.4, -0.2) is 59.5 Å². The van der Waals surface area contributed by atoms with Gasteiger partial charge in [0.1, 0.15) is 10.9 Å². The molecule has 1 fully saturated rings. The number of hydrogen-bond acceptors (Lipinski definition) is 6. The minimum atomic E-state index is -3.89. The van der Waals surface area contributed by atoms with Gasteiger partial charge >= 0.3 is 5.97 Å². The van der Waals surface area contributed by atoms with Gasteiger partial charge in [0.2, 0.25) is 10.0 Å². The summed E-state index contributed by atoms with van der Waals surface area (Å²) in [4.78, 5) is 16.7. The van der Waals surface area contributed by atoms with Crippen LogP contribution in [0, 0.1) is 6.92 Å². The highest BCUT2D eigenvalue weighted by Gasteiger charge is 2.41. The average molecular weight is 410 g/mol. The first-order chi connectivity index (χ1) is 13.4. The molecule has 1 aliphatic rings. The highest BCUT2D eigenvalue weighted by molar-refractivity contribution is 7.89. The maximum absolute atomic E-state index is 13.3. The van der Waals surface area contributed by atoms with E-state index in [-0.39, 0.29) is 18.0 Å². The van der Waals surface area contributed by atoms with E-state index in [1.54, 1.807) is 16.5 Å². The van der Waals surface area contributed by atoms with Crippen molar-refractivity contribution in [3.8, 4) is 0 Å². The fourth-order valence-electron chi connectivity index (χ4n) is 3.66. The number of carbonyl (C=O) groups excluding carboxylic acids is 1. The highest BCUT2D eigenvalue weighted by Crippen LogP contribution is 2.29. The van der Waals surface area contributed by atoms with Gasteiger partial charge in [0, 0.05) is 25.0 Å². The fourth-order valence-corrected chi connectivity index (χ4v) is 5.43. The number of fused-ring (bicyclic) bond motifs is 1. The number of aryl methyl sites for hydroxylation is 2. The maximum atomic E-state index is 13.3. The molecule has 2 aromatic rings. The molecule has 1 atom stereocenters. The minimum absolute atomic E-state index is 0.107. The first kappa shape index (κ1) is 20.8. The summed E-state index contributed by atoms with van der Waals surface area (Å²) in [6.07, 6.45) is 6.17. The lowest BCUT2D eigenvalue weighted by atomic mass is 10.2. The maximum Gasteiger partial charge on any atom is 0.324 e. The minimum Gasteiger partial charge on any atom is -0.468 e. The molecule has 28 heavy (non-hydrogen) atoms. The van der Waals surface area contributed by atoms with Crippen LogP contribution in [0.2, 0.25) is 0 Å². The van der Waals surface area contributed by atoms with Crippen molar-refractivity contribution >= 4 is 21.6 Å². The second kappa shape index (κ2) is 8.59. The Hall–Kier alpha value is -1.97. The predicted molar refractivity (Wildman–Crippen MR) is 103 cm³/mol. The lowest BCUT2D eigenvalue weighted by Crippen LogP contribution is -2.41. The van der Waals surface area contributed by atoms with Gasteiger partial charge in [0.15, 0.2) is 5.65 Å². The first-order valence-corrected chi connectivity index (χ1v) is 11.0. The van der Waals surface area contributed by atoms with E-state index in [1.807, 2.05) is 13.1 Å². The summed E-state index contributed by atoms with van der Waals surface area (Å²) in [6, 6.07) is 2.53. The Morgan fingerprint density at radius 3 is 2.82 bits per heavy atom. The molecule has 1 N–H and O–H groups in total. The zero-order valence-corrected chi connectivity index (χ0v) is 17.1. The summed E-state index contributed by atoms with van der Waals surface area (Å²) in [5.41, 5.74) is 2.08. The number of sulfonamides is 1. The quantitative estimate of drug-likeness (QED) is 0.526. The molecule has 0 bridgehead atoms. The van der Waals surface area contributed by atoms with Gasteiger partial charge in [-0.05, 0) is 51.2 Å². The van der Waals surface area contributed by atoms with Crippen molar-refractivity contribution in [2.75, 3.05) is 20.3 Å². The normalized spacial score (nSPS) is 18.0. The molecule has 0 spiro atoms. The second-order valence-electron chi connectivity index (χ2n) is 7.10. The second-order valence-corrected chi connectivity index (χ2v) is 8.96. The molecule has 3 rings (SSSR count). The SMILES string of the molecule is COC(=O)[C@@H]1CCCN1S(=O)(=O)c1ccc(C)n2cc(CCCCCO)nc12. The van der Waals surface area contributed by atoms with E-state index >= 15 is 0 Å². The highest BCUT2D eigenvalue weighted by atomic mass is 32.2. The van der Waals surface area contributed by atoms with Crippen molar-refractivity contribution in [2.24, 2.45) is 0 Å². The van der Waals surface area contributed by atoms with E-state index in [1.165, 1.54) is 11.4 Å².